The quantitative estimate of drug-likeness (QED) is 0.888. The molecule has 4 nitrogen and oxygen atoms in total. The number of benzene rings is 1. The van der Waals surface area contributed by atoms with Gasteiger partial charge in [-0.25, -0.2) is 0 Å². The van der Waals surface area contributed by atoms with Crippen LogP contribution in [0.25, 0.3) is 0 Å². The molecule has 1 fully saturated rings. The topological polar surface area (TPSA) is 57.6 Å². The van der Waals surface area contributed by atoms with Crippen molar-refractivity contribution in [3.63, 3.8) is 0 Å². The maximum Gasteiger partial charge on any atom is 0.309 e. The van der Waals surface area contributed by atoms with Crippen LogP contribution in [0, 0.1) is 12.8 Å². The number of amides is 1. The number of nitrogens with zero attached hydrogens (tertiary/aromatic N) is 1. The third-order valence-electron chi connectivity index (χ3n) is 3.47. The Morgan fingerprint density at radius 3 is 2.78 bits per heavy atom. The van der Waals surface area contributed by atoms with Crippen LogP contribution in [-0.2, 0) is 9.59 Å². The van der Waals surface area contributed by atoms with Gasteiger partial charge in [0, 0.05) is 13.0 Å². The summed E-state index contributed by atoms with van der Waals surface area (Å²) >= 11 is 0. The number of rotatable bonds is 3. The Morgan fingerprint density at radius 1 is 1.50 bits per heavy atom. The number of likely N-dealkylation sites (tertiary alicyclic amines) is 1. The third kappa shape index (κ3) is 2.10. The molecule has 96 valence electrons. The molecule has 1 N–H and O–H groups in total. The molecule has 18 heavy (non-hydrogen) atoms. The molecule has 0 radical (unpaired) electrons. The van der Waals surface area contributed by atoms with Gasteiger partial charge in [0.25, 0.3) is 0 Å². The minimum absolute atomic E-state index is 0.0728. The molecule has 0 spiro atoms. The van der Waals surface area contributed by atoms with E-state index in [2.05, 4.69) is 0 Å². The molecule has 0 unspecified atom stereocenters. The summed E-state index contributed by atoms with van der Waals surface area (Å²) in [6.07, 6.45) is 0.0990. The lowest BCUT2D eigenvalue weighted by Gasteiger charge is -2.26. The fourth-order valence-corrected chi connectivity index (χ4v) is 2.65. The van der Waals surface area contributed by atoms with Gasteiger partial charge in [-0.05, 0) is 19.4 Å². The summed E-state index contributed by atoms with van der Waals surface area (Å²) in [6, 6.07) is 7.39. The maximum atomic E-state index is 11.9. The molecule has 4 heteroatoms. The SMILES string of the molecule is CCN1C(=O)C[C@H](C(=O)O)[C@@H]1c1cccc(C)c1. The van der Waals surface area contributed by atoms with Crippen molar-refractivity contribution in [1.82, 2.24) is 4.90 Å². The first kappa shape index (κ1) is 12.6. The van der Waals surface area contributed by atoms with Crippen LogP contribution >= 0.6 is 0 Å². The Labute approximate surface area is 106 Å². The number of hydrogen-bond acceptors (Lipinski definition) is 2. The van der Waals surface area contributed by atoms with Gasteiger partial charge in [0.1, 0.15) is 0 Å². The highest BCUT2D eigenvalue weighted by Crippen LogP contribution is 2.38. The average molecular weight is 247 g/mol. The monoisotopic (exact) mass is 247 g/mol. The van der Waals surface area contributed by atoms with Gasteiger partial charge in [-0.2, -0.15) is 0 Å². The van der Waals surface area contributed by atoms with Crippen LogP contribution in [0.5, 0.6) is 0 Å². The van der Waals surface area contributed by atoms with Crippen molar-refractivity contribution in [3.05, 3.63) is 35.4 Å². The van der Waals surface area contributed by atoms with Crippen molar-refractivity contribution < 1.29 is 14.7 Å². The van der Waals surface area contributed by atoms with Crippen LogP contribution in [-0.4, -0.2) is 28.4 Å². The number of hydrogen-bond donors (Lipinski definition) is 1. The zero-order valence-electron chi connectivity index (χ0n) is 10.6. The molecule has 1 heterocycles. The Morgan fingerprint density at radius 2 is 2.22 bits per heavy atom. The first-order valence-electron chi connectivity index (χ1n) is 6.13. The van der Waals surface area contributed by atoms with Gasteiger partial charge in [-0.15, -0.1) is 0 Å². The second-order valence-corrected chi connectivity index (χ2v) is 4.69. The molecule has 1 aliphatic rings. The Kier molecular flexibility index (Phi) is 3.36. The molecular weight excluding hydrogens is 230 g/mol. The predicted molar refractivity (Wildman–Crippen MR) is 67.0 cm³/mol. The van der Waals surface area contributed by atoms with Crippen LogP contribution in [0.4, 0.5) is 0 Å². The largest absolute Gasteiger partial charge is 0.481 e. The first-order chi connectivity index (χ1) is 8.54. The molecule has 1 saturated heterocycles. The molecule has 2 atom stereocenters. The Bertz CT molecular complexity index is 484. The van der Waals surface area contributed by atoms with Gasteiger partial charge < -0.3 is 10.0 Å². The summed E-state index contributed by atoms with van der Waals surface area (Å²) in [5.41, 5.74) is 1.99. The van der Waals surface area contributed by atoms with Gasteiger partial charge in [-0.1, -0.05) is 29.8 Å². The molecule has 1 aromatic rings. The molecule has 0 aromatic heterocycles. The van der Waals surface area contributed by atoms with Gasteiger partial charge >= 0.3 is 5.97 Å². The maximum absolute atomic E-state index is 11.9. The second kappa shape index (κ2) is 4.80. The fourth-order valence-electron chi connectivity index (χ4n) is 2.65. The van der Waals surface area contributed by atoms with Crippen LogP contribution in [0.15, 0.2) is 24.3 Å². The van der Waals surface area contributed by atoms with E-state index in [1.165, 1.54) is 0 Å². The van der Waals surface area contributed by atoms with Gasteiger partial charge in [0.2, 0.25) is 5.91 Å². The lowest BCUT2D eigenvalue weighted by atomic mass is 9.93. The highest BCUT2D eigenvalue weighted by Gasteiger charge is 2.43. The van der Waals surface area contributed by atoms with E-state index in [0.29, 0.717) is 6.54 Å². The predicted octanol–water partition coefficient (Wildman–Crippen LogP) is 1.99. The molecule has 1 aromatic carbocycles. The minimum Gasteiger partial charge on any atom is -0.481 e. The number of carboxylic acid groups (broad SMARTS) is 1. The molecule has 2 rings (SSSR count). The van der Waals surface area contributed by atoms with Crippen molar-refractivity contribution in [2.75, 3.05) is 6.54 Å². The van der Waals surface area contributed by atoms with Crippen molar-refractivity contribution in [3.8, 4) is 0 Å². The number of aliphatic carboxylic acids is 1. The van der Waals surface area contributed by atoms with E-state index >= 15 is 0 Å². The molecule has 1 amide bonds. The zero-order valence-corrected chi connectivity index (χ0v) is 10.6. The second-order valence-electron chi connectivity index (χ2n) is 4.69. The lowest BCUT2D eigenvalue weighted by Crippen LogP contribution is -2.30. The van der Waals surface area contributed by atoms with Gasteiger partial charge in [-0.3, -0.25) is 9.59 Å². The normalized spacial score (nSPS) is 23.4. The summed E-state index contributed by atoms with van der Waals surface area (Å²) in [4.78, 5) is 24.8. The smallest absolute Gasteiger partial charge is 0.309 e. The lowest BCUT2D eigenvalue weighted by molar-refractivity contribution is -0.142. The highest BCUT2D eigenvalue weighted by atomic mass is 16.4. The van der Waals surface area contributed by atoms with E-state index in [0.717, 1.165) is 11.1 Å². The first-order valence-corrected chi connectivity index (χ1v) is 6.13. The van der Waals surface area contributed by atoms with Crippen molar-refractivity contribution in [2.45, 2.75) is 26.3 Å². The molecule has 0 saturated carbocycles. The van der Waals surface area contributed by atoms with Crippen molar-refractivity contribution >= 4 is 11.9 Å². The highest BCUT2D eigenvalue weighted by molar-refractivity contribution is 5.87. The van der Waals surface area contributed by atoms with Crippen molar-refractivity contribution in [1.29, 1.82) is 0 Å². The summed E-state index contributed by atoms with van der Waals surface area (Å²) in [7, 11) is 0. The third-order valence-corrected chi connectivity index (χ3v) is 3.47. The molecular formula is C14H17NO3. The van der Waals surface area contributed by atoms with E-state index < -0.39 is 11.9 Å². The standard InChI is InChI=1S/C14H17NO3/c1-3-15-12(16)8-11(14(17)18)13(15)10-6-4-5-9(2)7-10/h4-7,11,13H,3,8H2,1-2H3,(H,17,18)/t11-,13-/m0/s1. The van der Waals surface area contributed by atoms with Crippen molar-refractivity contribution in [2.24, 2.45) is 5.92 Å². The Balaban J connectivity index is 2.42. The fraction of sp³-hybridized carbons (Fsp3) is 0.429. The number of carbonyl (C=O) groups excluding carboxylic acids is 1. The average Bonchev–Trinajstić information content (AvgIpc) is 2.66. The number of carboxylic acids is 1. The van der Waals surface area contributed by atoms with E-state index in [1.807, 2.05) is 38.1 Å². The van der Waals surface area contributed by atoms with Crippen LogP contribution in [0.2, 0.25) is 0 Å². The summed E-state index contributed by atoms with van der Waals surface area (Å²) in [5.74, 6) is -1.61. The van der Waals surface area contributed by atoms with Gasteiger partial charge in [0.15, 0.2) is 0 Å². The summed E-state index contributed by atoms with van der Waals surface area (Å²) < 4.78 is 0. The van der Waals surface area contributed by atoms with Gasteiger partial charge in [0.05, 0.1) is 12.0 Å². The van der Waals surface area contributed by atoms with Crippen LogP contribution in [0.1, 0.15) is 30.5 Å². The number of carbonyl (C=O) groups is 2. The van der Waals surface area contributed by atoms with Crippen LogP contribution < -0.4 is 0 Å². The van der Waals surface area contributed by atoms with E-state index in [-0.39, 0.29) is 18.4 Å². The summed E-state index contributed by atoms with van der Waals surface area (Å²) in [5, 5.41) is 9.27. The van der Waals surface area contributed by atoms with E-state index in [4.69, 9.17) is 0 Å². The molecule has 0 bridgehead atoms. The van der Waals surface area contributed by atoms with E-state index in [1.54, 1.807) is 4.90 Å². The zero-order chi connectivity index (χ0) is 13.3. The number of aryl methyl sites for hydroxylation is 1. The van der Waals surface area contributed by atoms with Crippen LogP contribution in [0.3, 0.4) is 0 Å². The minimum atomic E-state index is -0.897. The Hall–Kier alpha value is -1.84. The molecule has 1 aliphatic heterocycles. The summed E-state index contributed by atoms with van der Waals surface area (Å²) in [6.45, 7) is 4.39. The van der Waals surface area contributed by atoms with E-state index in [9.17, 15) is 14.7 Å². The molecule has 0 aliphatic carbocycles.